The van der Waals surface area contributed by atoms with Gasteiger partial charge < -0.3 is 10.4 Å². The molecular formula is C10H17F3N2O3. The molecule has 0 aromatic carbocycles. The molecule has 0 bridgehead atoms. The van der Waals surface area contributed by atoms with E-state index >= 15 is 0 Å². The largest absolute Gasteiger partial charge is 0.480 e. The first-order valence-electron chi connectivity index (χ1n) is 5.52. The summed E-state index contributed by atoms with van der Waals surface area (Å²) in [6.07, 6.45) is -2.95. The third kappa shape index (κ3) is 9.88. The predicted molar refractivity (Wildman–Crippen MR) is 58.0 cm³/mol. The second kappa shape index (κ2) is 7.91. The first kappa shape index (κ1) is 16.7. The number of carbonyl (C=O) groups is 2. The van der Waals surface area contributed by atoms with Gasteiger partial charge in [0.05, 0.1) is 19.6 Å². The molecule has 106 valence electrons. The number of hydrogen-bond acceptors (Lipinski definition) is 3. The summed E-state index contributed by atoms with van der Waals surface area (Å²) in [4.78, 5) is 22.2. The van der Waals surface area contributed by atoms with Crippen molar-refractivity contribution in [3.8, 4) is 0 Å². The highest BCUT2D eigenvalue weighted by atomic mass is 19.4. The summed E-state index contributed by atoms with van der Waals surface area (Å²) in [5.74, 6) is -2.01. The van der Waals surface area contributed by atoms with Crippen LogP contribution in [0.2, 0.25) is 0 Å². The molecule has 0 unspecified atom stereocenters. The molecule has 0 aliphatic carbocycles. The number of nitrogens with one attached hydrogen (secondary N) is 1. The van der Waals surface area contributed by atoms with Crippen molar-refractivity contribution in [2.24, 2.45) is 0 Å². The first-order valence-corrected chi connectivity index (χ1v) is 5.52. The Bertz CT molecular complexity index is 282. The van der Waals surface area contributed by atoms with Gasteiger partial charge in [-0.15, -0.1) is 0 Å². The number of amides is 1. The quantitative estimate of drug-likeness (QED) is 0.642. The fourth-order valence-corrected chi connectivity index (χ4v) is 1.28. The minimum Gasteiger partial charge on any atom is -0.480 e. The first-order chi connectivity index (χ1) is 8.24. The topological polar surface area (TPSA) is 69.6 Å². The number of halogens is 3. The van der Waals surface area contributed by atoms with Gasteiger partial charge in [-0.05, 0) is 6.42 Å². The van der Waals surface area contributed by atoms with Crippen molar-refractivity contribution in [2.45, 2.75) is 25.9 Å². The number of carboxylic acid groups (broad SMARTS) is 1. The van der Waals surface area contributed by atoms with E-state index in [-0.39, 0.29) is 0 Å². The molecule has 0 saturated carbocycles. The van der Waals surface area contributed by atoms with Crippen molar-refractivity contribution in [3.63, 3.8) is 0 Å². The summed E-state index contributed by atoms with van der Waals surface area (Å²) >= 11 is 0. The minimum atomic E-state index is -4.53. The van der Waals surface area contributed by atoms with Crippen LogP contribution < -0.4 is 5.32 Å². The van der Waals surface area contributed by atoms with Gasteiger partial charge in [0.1, 0.15) is 0 Å². The molecule has 0 aliphatic heterocycles. The van der Waals surface area contributed by atoms with Gasteiger partial charge in [-0.25, -0.2) is 0 Å². The molecule has 0 heterocycles. The number of alkyl halides is 3. The van der Waals surface area contributed by atoms with Gasteiger partial charge in [0.2, 0.25) is 5.91 Å². The Balaban J connectivity index is 4.22. The third-order valence-corrected chi connectivity index (χ3v) is 1.98. The molecule has 0 saturated heterocycles. The zero-order valence-electron chi connectivity index (χ0n) is 10.1. The molecule has 8 heteroatoms. The SMILES string of the molecule is CCCCNC(=O)CN(CC(=O)O)CC(F)(F)F. The molecule has 0 fully saturated rings. The molecule has 2 N–H and O–H groups in total. The molecule has 0 aliphatic rings. The van der Waals surface area contributed by atoms with Crippen LogP contribution in [0.25, 0.3) is 0 Å². The van der Waals surface area contributed by atoms with E-state index in [9.17, 15) is 22.8 Å². The van der Waals surface area contributed by atoms with Gasteiger partial charge in [-0.1, -0.05) is 13.3 Å². The monoisotopic (exact) mass is 270 g/mol. The lowest BCUT2D eigenvalue weighted by molar-refractivity contribution is -0.155. The second-order valence-electron chi connectivity index (χ2n) is 3.86. The number of nitrogens with zero attached hydrogens (tertiary/aromatic N) is 1. The lowest BCUT2D eigenvalue weighted by Crippen LogP contribution is -2.44. The fourth-order valence-electron chi connectivity index (χ4n) is 1.28. The van der Waals surface area contributed by atoms with E-state index in [4.69, 9.17) is 5.11 Å². The molecule has 18 heavy (non-hydrogen) atoms. The lowest BCUT2D eigenvalue weighted by atomic mass is 10.3. The van der Waals surface area contributed by atoms with E-state index in [0.717, 1.165) is 12.8 Å². The zero-order valence-corrected chi connectivity index (χ0v) is 10.1. The average molecular weight is 270 g/mol. The minimum absolute atomic E-state index is 0.377. The van der Waals surface area contributed by atoms with Gasteiger partial charge in [-0.2, -0.15) is 13.2 Å². The number of carboxylic acids is 1. The third-order valence-electron chi connectivity index (χ3n) is 1.98. The van der Waals surface area contributed by atoms with Crippen molar-refractivity contribution in [2.75, 3.05) is 26.2 Å². The van der Waals surface area contributed by atoms with E-state index in [0.29, 0.717) is 11.4 Å². The molecular weight excluding hydrogens is 253 g/mol. The van der Waals surface area contributed by atoms with Gasteiger partial charge in [-0.3, -0.25) is 14.5 Å². The summed E-state index contributed by atoms with van der Waals surface area (Å²) in [5.41, 5.74) is 0. The summed E-state index contributed by atoms with van der Waals surface area (Å²) in [6, 6.07) is 0. The highest BCUT2D eigenvalue weighted by Crippen LogP contribution is 2.16. The van der Waals surface area contributed by atoms with E-state index in [1.165, 1.54) is 0 Å². The van der Waals surface area contributed by atoms with E-state index in [1.807, 2.05) is 6.92 Å². The fraction of sp³-hybridized carbons (Fsp3) is 0.800. The number of aliphatic carboxylic acids is 1. The predicted octanol–water partition coefficient (Wildman–Crippen LogP) is 0.852. The molecule has 0 radical (unpaired) electrons. The lowest BCUT2D eigenvalue weighted by Gasteiger charge is -2.21. The van der Waals surface area contributed by atoms with Crippen LogP contribution >= 0.6 is 0 Å². The summed E-state index contributed by atoms with van der Waals surface area (Å²) < 4.78 is 36.4. The highest BCUT2D eigenvalue weighted by Gasteiger charge is 2.32. The summed E-state index contributed by atoms with van der Waals surface area (Å²) in [7, 11) is 0. The van der Waals surface area contributed by atoms with Crippen LogP contribution in [-0.2, 0) is 9.59 Å². The number of carbonyl (C=O) groups excluding carboxylic acids is 1. The molecule has 5 nitrogen and oxygen atoms in total. The summed E-state index contributed by atoms with van der Waals surface area (Å²) in [5, 5.41) is 10.9. The molecule has 0 aromatic rings. The summed E-state index contributed by atoms with van der Waals surface area (Å²) in [6.45, 7) is -0.522. The van der Waals surface area contributed by atoms with Crippen LogP contribution in [-0.4, -0.2) is 54.2 Å². The van der Waals surface area contributed by atoms with Crippen LogP contribution in [0, 0.1) is 0 Å². The normalized spacial score (nSPS) is 11.6. The maximum absolute atomic E-state index is 12.1. The van der Waals surface area contributed by atoms with Gasteiger partial charge in [0.25, 0.3) is 0 Å². The molecule has 0 atom stereocenters. The van der Waals surface area contributed by atoms with E-state index in [2.05, 4.69) is 5.32 Å². The second-order valence-corrected chi connectivity index (χ2v) is 3.86. The Morgan fingerprint density at radius 3 is 2.33 bits per heavy atom. The Hall–Kier alpha value is -1.31. The highest BCUT2D eigenvalue weighted by molar-refractivity contribution is 5.79. The van der Waals surface area contributed by atoms with Crippen molar-refractivity contribution in [3.05, 3.63) is 0 Å². The standard InChI is InChI=1S/C10H17F3N2O3/c1-2-3-4-14-8(16)5-15(6-9(17)18)7-10(11,12)13/h2-7H2,1H3,(H,14,16)(H,17,18). The average Bonchev–Trinajstić information content (AvgIpc) is 2.13. The van der Waals surface area contributed by atoms with Crippen LogP contribution in [0.15, 0.2) is 0 Å². The Morgan fingerprint density at radius 2 is 1.89 bits per heavy atom. The van der Waals surface area contributed by atoms with Crippen LogP contribution in [0.3, 0.4) is 0 Å². The van der Waals surface area contributed by atoms with Crippen molar-refractivity contribution >= 4 is 11.9 Å². The number of unbranched alkanes of at least 4 members (excludes halogenated alkanes) is 1. The van der Waals surface area contributed by atoms with Crippen LogP contribution in [0.1, 0.15) is 19.8 Å². The van der Waals surface area contributed by atoms with Crippen LogP contribution in [0.5, 0.6) is 0 Å². The smallest absolute Gasteiger partial charge is 0.401 e. The molecule has 0 rings (SSSR count). The van der Waals surface area contributed by atoms with Crippen molar-refractivity contribution in [1.82, 2.24) is 10.2 Å². The van der Waals surface area contributed by atoms with Crippen LogP contribution in [0.4, 0.5) is 13.2 Å². The molecule has 0 aromatic heterocycles. The maximum atomic E-state index is 12.1. The van der Waals surface area contributed by atoms with E-state index < -0.39 is 37.7 Å². The van der Waals surface area contributed by atoms with Crippen molar-refractivity contribution in [1.29, 1.82) is 0 Å². The Kier molecular flexibility index (Phi) is 7.33. The van der Waals surface area contributed by atoms with Gasteiger partial charge in [0.15, 0.2) is 0 Å². The Morgan fingerprint density at radius 1 is 1.28 bits per heavy atom. The van der Waals surface area contributed by atoms with Gasteiger partial charge >= 0.3 is 12.1 Å². The molecule has 1 amide bonds. The van der Waals surface area contributed by atoms with Gasteiger partial charge in [0, 0.05) is 6.54 Å². The number of hydrogen-bond donors (Lipinski definition) is 2. The Labute approximate surface area is 103 Å². The zero-order chi connectivity index (χ0) is 14.2. The number of rotatable bonds is 8. The molecule has 0 spiro atoms. The maximum Gasteiger partial charge on any atom is 0.401 e. The van der Waals surface area contributed by atoms with Crippen molar-refractivity contribution < 1.29 is 27.9 Å². The van der Waals surface area contributed by atoms with E-state index in [1.54, 1.807) is 0 Å².